The second kappa shape index (κ2) is 13.7. The number of nitrogens with zero attached hydrogens (tertiary/aromatic N) is 3. The van der Waals surface area contributed by atoms with Crippen molar-refractivity contribution in [2.75, 3.05) is 0 Å². The van der Waals surface area contributed by atoms with Crippen LogP contribution in [0.3, 0.4) is 0 Å². The summed E-state index contributed by atoms with van der Waals surface area (Å²) in [6.07, 6.45) is 1.81. The number of nitrogens with one attached hydrogen (secondary N) is 1. The number of aromatic nitrogens is 1. The molecule has 0 bridgehead atoms. The van der Waals surface area contributed by atoms with E-state index in [2.05, 4.69) is 178 Å². The van der Waals surface area contributed by atoms with Crippen LogP contribution in [0.2, 0.25) is 0 Å². The van der Waals surface area contributed by atoms with Gasteiger partial charge in [-0.05, 0) is 97.5 Å². The molecule has 6 aromatic carbocycles. The third-order valence-electron chi connectivity index (χ3n) is 9.76. The number of pyridine rings is 1. The van der Waals surface area contributed by atoms with Crippen LogP contribution >= 0.6 is 0 Å². The van der Waals surface area contributed by atoms with Crippen LogP contribution in [0.4, 0.5) is 0 Å². The molecule has 8 rings (SSSR count). The highest BCUT2D eigenvalue weighted by molar-refractivity contribution is 6.06. The molecule has 1 atom stereocenters. The fraction of sp³-hybridized carbons (Fsp3) is 0.104. The van der Waals surface area contributed by atoms with Gasteiger partial charge in [-0.3, -0.25) is 4.98 Å². The zero-order chi connectivity index (χ0) is 35.7. The van der Waals surface area contributed by atoms with Gasteiger partial charge >= 0.3 is 0 Å². The first-order valence-electron chi connectivity index (χ1n) is 17.8. The number of aryl methyl sites for hydroxylation is 4. The van der Waals surface area contributed by atoms with E-state index in [9.17, 15) is 0 Å². The van der Waals surface area contributed by atoms with Crippen LogP contribution < -0.4 is 5.32 Å². The smallest absolute Gasteiger partial charge is 0.205 e. The first kappa shape index (κ1) is 32.8. The van der Waals surface area contributed by atoms with Gasteiger partial charge in [-0.25, -0.2) is 9.98 Å². The van der Waals surface area contributed by atoms with E-state index in [-0.39, 0.29) is 0 Å². The lowest BCUT2D eigenvalue weighted by Gasteiger charge is -2.32. The van der Waals surface area contributed by atoms with Gasteiger partial charge in [0.25, 0.3) is 0 Å². The Morgan fingerprint density at radius 1 is 0.462 bits per heavy atom. The maximum Gasteiger partial charge on any atom is 0.205 e. The molecule has 1 unspecified atom stereocenters. The monoisotopic (exact) mass is 672 g/mol. The van der Waals surface area contributed by atoms with Crippen molar-refractivity contribution in [1.29, 1.82) is 0 Å². The minimum Gasteiger partial charge on any atom is -0.331 e. The molecule has 0 saturated carbocycles. The van der Waals surface area contributed by atoms with Gasteiger partial charge in [0.05, 0.1) is 12.0 Å². The molecule has 0 saturated heterocycles. The van der Waals surface area contributed by atoms with Crippen molar-refractivity contribution in [3.05, 3.63) is 197 Å². The van der Waals surface area contributed by atoms with Gasteiger partial charge in [0.1, 0.15) is 5.84 Å². The zero-order valence-electron chi connectivity index (χ0n) is 29.9. The second-order valence-corrected chi connectivity index (χ2v) is 13.7. The van der Waals surface area contributed by atoms with Gasteiger partial charge in [-0.2, -0.15) is 0 Å². The predicted molar refractivity (Wildman–Crippen MR) is 217 cm³/mol. The highest BCUT2D eigenvalue weighted by Crippen LogP contribution is 2.45. The molecule has 0 spiro atoms. The highest BCUT2D eigenvalue weighted by Gasteiger charge is 2.37. The fourth-order valence-electron chi connectivity index (χ4n) is 7.17. The lowest BCUT2D eigenvalue weighted by molar-refractivity contribution is 0.567. The standard InChI is InChI=1S/C48H40N4/c1-32-22-24-36(25-23-32)39-28-40(46-43(37-15-6-5-7-16-37)19-11-20-44(46)45-21-10-14-35(4)51-45)30-42(29-39)48(41-18-9-13-34(3)27-41)50-31-49-47(52-48)38-17-8-12-33(2)26-38/h5-31H,1-4H3,(H,49,50,52). The summed E-state index contributed by atoms with van der Waals surface area (Å²) in [5, 5.41) is 3.39. The van der Waals surface area contributed by atoms with E-state index in [0.29, 0.717) is 0 Å². The summed E-state index contributed by atoms with van der Waals surface area (Å²) >= 11 is 0. The minimum atomic E-state index is -1.06. The van der Waals surface area contributed by atoms with Crippen LogP contribution in [0.15, 0.2) is 168 Å². The number of hydrogen-bond donors (Lipinski definition) is 1. The number of amidine groups is 1. The van der Waals surface area contributed by atoms with E-state index >= 15 is 0 Å². The Labute approximate surface area is 306 Å². The number of benzene rings is 6. The van der Waals surface area contributed by atoms with Gasteiger partial charge in [-0.15, -0.1) is 0 Å². The van der Waals surface area contributed by atoms with Crippen LogP contribution in [-0.2, 0) is 5.66 Å². The van der Waals surface area contributed by atoms with Crippen molar-refractivity contribution >= 4 is 12.2 Å². The van der Waals surface area contributed by atoms with Crippen LogP contribution in [0, 0.1) is 27.7 Å². The van der Waals surface area contributed by atoms with E-state index in [1.54, 1.807) is 0 Å². The molecular formula is C48H40N4. The maximum absolute atomic E-state index is 5.56. The average molecular weight is 673 g/mol. The molecule has 2 heterocycles. The first-order valence-corrected chi connectivity index (χ1v) is 17.8. The van der Waals surface area contributed by atoms with Crippen molar-refractivity contribution in [2.24, 2.45) is 9.98 Å². The number of hydrogen-bond acceptors (Lipinski definition) is 4. The van der Waals surface area contributed by atoms with E-state index in [0.717, 1.165) is 78.4 Å². The summed E-state index contributed by atoms with van der Waals surface area (Å²) in [7, 11) is 0. The molecule has 1 aromatic heterocycles. The highest BCUT2D eigenvalue weighted by atomic mass is 15.2. The second-order valence-electron chi connectivity index (χ2n) is 13.7. The maximum atomic E-state index is 5.56. The summed E-state index contributed by atoms with van der Waals surface area (Å²) < 4.78 is 0. The average Bonchev–Trinajstić information content (AvgIpc) is 3.18. The van der Waals surface area contributed by atoms with Crippen molar-refractivity contribution in [2.45, 2.75) is 33.4 Å². The van der Waals surface area contributed by atoms with Gasteiger partial charge in [0.2, 0.25) is 5.66 Å². The van der Waals surface area contributed by atoms with E-state index in [4.69, 9.17) is 15.0 Å². The quantitative estimate of drug-likeness (QED) is 0.183. The fourth-order valence-corrected chi connectivity index (χ4v) is 7.17. The summed E-state index contributed by atoms with van der Waals surface area (Å²) in [6.45, 7) is 8.40. The Hall–Kier alpha value is -6.39. The molecule has 1 aliphatic heterocycles. The van der Waals surface area contributed by atoms with Crippen molar-refractivity contribution in [1.82, 2.24) is 10.3 Å². The summed E-state index contributed by atoms with van der Waals surface area (Å²) in [5.74, 6) is 0.775. The van der Waals surface area contributed by atoms with Crippen LogP contribution in [0.25, 0.3) is 44.6 Å². The molecule has 0 fully saturated rings. The Balaban J connectivity index is 1.47. The summed E-state index contributed by atoms with van der Waals surface area (Å²) in [5.41, 5.74) is 15.1. The molecule has 4 nitrogen and oxygen atoms in total. The van der Waals surface area contributed by atoms with Gasteiger partial charge in [0.15, 0.2) is 0 Å². The van der Waals surface area contributed by atoms with E-state index < -0.39 is 5.66 Å². The molecule has 0 radical (unpaired) electrons. The van der Waals surface area contributed by atoms with Crippen LogP contribution in [0.1, 0.15) is 39.1 Å². The molecule has 252 valence electrons. The topological polar surface area (TPSA) is 49.6 Å². The lowest BCUT2D eigenvalue weighted by Crippen LogP contribution is -2.36. The molecule has 1 N–H and O–H groups in total. The SMILES string of the molecule is Cc1ccc(-c2cc(-c3c(-c4ccccc4)cccc3-c3cccc(C)n3)cc(C3(c4cccc(C)c4)N=CNC(c4cccc(C)c4)=N3)c2)cc1. The van der Waals surface area contributed by atoms with Gasteiger partial charge < -0.3 is 5.32 Å². The lowest BCUT2D eigenvalue weighted by atomic mass is 9.83. The van der Waals surface area contributed by atoms with E-state index in [1.165, 1.54) is 11.1 Å². The van der Waals surface area contributed by atoms with Crippen molar-refractivity contribution < 1.29 is 0 Å². The molecule has 0 amide bonds. The molecule has 1 aliphatic rings. The molecule has 52 heavy (non-hydrogen) atoms. The third kappa shape index (κ3) is 6.36. The first-order chi connectivity index (χ1) is 25.4. The van der Waals surface area contributed by atoms with Crippen molar-refractivity contribution in [3.63, 3.8) is 0 Å². The van der Waals surface area contributed by atoms with Gasteiger partial charge in [-0.1, -0.05) is 138 Å². The Bertz CT molecular complexity index is 2480. The normalized spacial score (nSPS) is 15.2. The molecule has 7 aromatic rings. The predicted octanol–water partition coefficient (Wildman–Crippen LogP) is 11.3. The van der Waals surface area contributed by atoms with Crippen molar-refractivity contribution in [3.8, 4) is 44.6 Å². The van der Waals surface area contributed by atoms with E-state index in [1.807, 2.05) is 19.3 Å². The van der Waals surface area contributed by atoms with Crippen LogP contribution in [-0.4, -0.2) is 17.2 Å². The molecule has 0 aliphatic carbocycles. The van der Waals surface area contributed by atoms with Crippen LogP contribution in [0.5, 0.6) is 0 Å². The molecule has 4 heteroatoms. The Morgan fingerprint density at radius 2 is 1.15 bits per heavy atom. The number of rotatable bonds is 7. The number of aliphatic imine (C=N–C) groups is 2. The third-order valence-corrected chi connectivity index (χ3v) is 9.76. The molecular weight excluding hydrogens is 633 g/mol. The Morgan fingerprint density at radius 3 is 1.92 bits per heavy atom. The largest absolute Gasteiger partial charge is 0.331 e. The summed E-state index contributed by atoms with van der Waals surface area (Å²) in [4.78, 5) is 15.9. The van der Waals surface area contributed by atoms with Gasteiger partial charge in [0, 0.05) is 27.9 Å². The Kier molecular flexibility index (Phi) is 8.66. The summed E-state index contributed by atoms with van der Waals surface area (Å²) in [6, 6.07) is 56.1. The zero-order valence-corrected chi connectivity index (χ0v) is 29.9. The minimum absolute atomic E-state index is 0.775.